The molecular weight excluding hydrogens is 241 g/mol. The Bertz CT molecular complexity index is 368. The second kappa shape index (κ2) is 9.05. The van der Waals surface area contributed by atoms with E-state index >= 15 is 0 Å². The number of ether oxygens (including phenoxy) is 1. The van der Waals surface area contributed by atoms with E-state index in [9.17, 15) is 4.39 Å². The Morgan fingerprint density at radius 1 is 1.26 bits per heavy atom. The van der Waals surface area contributed by atoms with Crippen LogP contribution in [0, 0.1) is 11.7 Å². The van der Waals surface area contributed by atoms with E-state index in [0.717, 1.165) is 24.2 Å². The van der Waals surface area contributed by atoms with Gasteiger partial charge in [-0.2, -0.15) is 0 Å². The van der Waals surface area contributed by atoms with Crippen molar-refractivity contribution in [3.63, 3.8) is 0 Å². The third kappa shape index (κ3) is 5.70. The summed E-state index contributed by atoms with van der Waals surface area (Å²) >= 11 is 0. The van der Waals surface area contributed by atoms with Crippen molar-refractivity contribution in [2.75, 3.05) is 6.61 Å². The van der Waals surface area contributed by atoms with Crippen LogP contribution in [0.4, 0.5) is 4.39 Å². The van der Waals surface area contributed by atoms with E-state index in [0.29, 0.717) is 19.1 Å². The number of rotatable bonds is 9. The monoisotopic (exact) mass is 267 g/mol. The Hall–Kier alpha value is -0.930. The molecule has 2 nitrogen and oxygen atoms in total. The molecule has 0 bridgehead atoms. The van der Waals surface area contributed by atoms with E-state index < -0.39 is 0 Å². The fourth-order valence-corrected chi connectivity index (χ4v) is 2.16. The maximum Gasteiger partial charge on any atom is 0.123 e. The smallest absolute Gasteiger partial charge is 0.123 e. The van der Waals surface area contributed by atoms with Gasteiger partial charge in [0.2, 0.25) is 0 Å². The maximum atomic E-state index is 13.2. The first-order valence-corrected chi connectivity index (χ1v) is 7.26. The highest BCUT2D eigenvalue weighted by Crippen LogP contribution is 2.16. The minimum absolute atomic E-state index is 0.228. The second-order valence-corrected chi connectivity index (χ2v) is 5.05. The van der Waals surface area contributed by atoms with Crippen LogP contribution in [0.3, 0.4) is 0 Å². The molecule has 0 heterocycles. The molecule has 0 saturated carbocycles. The van der Waals surface area contributed by atoms with Crippen molar-refractivity contribution in [1.29, 1.82) is 0 Å². The highest BCUT2D eigenvalue weighted by atomic mass is 19.1. The number of nitrogens with two attached hydrogens (primary N) is 1. The van der Waals surface area contributed by atoms with E-state index in [-0.39, 0.29) is 5.82 Å². The summed E-state index contributed by atoms with van der Waals surface area (Å²) in [5, 5.41) is 0. The normalized spacial score (nSPS) is 12.6. The Kier molecular flexibility index (Phi) is 7.68. The molecule has 3 heteroatoms. The van der Waals surface area contributed by atoms with Gasteiger partial charge in [0.15, 0.2) is 0 Å². The molecule has 0 fully saturated rings. The van der Waals surface area contributed by atoms with E-state index in [2.05, 4.69) is 13.8 Å². The van der Waals surface area contributed by atoms with E-state index in [4.69, 9.17) is 10.5 Å². The number of hydrogen-bond acceptors (Lipinski definition) is 2. The highest BCUT2D eigenvalue weighted by Gasteiger charge is 2.08. The molecule has 1 atom stereocenters. The average molecular weight is 267 g/mol. The fourth-order valence-electron chi connectivity index (χ4n) is 2.16. The minimum Gasteiger partial charge on any atom is -0.376 e. The van der Waals surface area contributed by atoms with Gasteiger partial charge in [-0.05, 0) is 35.6 Å². The second-order valence-electron chi connectivity index (χ2n) is 5.05. The van der Waals surface area contributed by atoms with Crippen LogP contribution < -0.4 is 5.73 Å². The summed E-state index contributed by atoms with van der Waals surface area (Å²) in [6, 6.07) is 4.71. The van der Waals surface area contributed by atoms with Crippen LogP contribution in [0.2, 0.25) is 0 Å². The summed E-state index contributed by atoms with van der Waals surface area (Å²) in [7, 11) is 0. The van der Waals surface area contributed by atoms with Gasteiger partial charge in [0.25, 0.3) is 0 Å². The zero-order valence-electron chi connectivity index (χ0n) is 12.1. The van der Waals surface area contributed by atoms with Gasteiger partial charge in [-0.15, -0.1) is 0 Å². The number of benzene rings is 1. The Morgan fingerprint density at radius 2 is 2.05 bits per heavy atom. The SMILES string of the molecule is CCCCC(CC)COCc1cc(F)ccc1CN. The van der Waals surface area contributed by atoms with Crippen LogP contribution in [-0.2, 0) is 17.9 Å². The largest absolute Gasteiger partial charge is 0.376 e. The summed E-state index contributed by atoms with van der Waals surface area (Å²) in [5.41, 5.74) is 7.48. The molecule has 0 saturated heterocycles. The molecule has 0 aliphatic carbocycles. The van der Waals surface area contributed by atoms with Crippen LogP contribution in [0.15, 0.2) is 18.2 Å². The van der Waals surface area contributed by atoms with Gasteiger partial charge in [0.05, 0.1) is 6.61 Å². The van der Waals surface area contributed by atoms with Gasteiger partial charge in [-0.1, -0.05) is 39.2 Å². The van der Waals surface area contributed by atoms with Crippen molar-refractivity contribution < 1.29 is 9.13 Å². The van der Waals surface area contributed by atoms with E-state index in [1.807, 2.05) is 0 Å². The molecule has 1 aromatic rings. The molecule has 0 aliphatic rings. The molecule has 1 aromatic carbocycles. The van der Waals surface area contributed by atoms with E-state index in [1.54, 1.807) is 6.07 Å². The van der Waals surface area contributed by atoms with Crippen LogP contribution >= 0.6 is 0 Å². The quantitative estimate of drug-likeness (QED) is 0.733. The summed E-state index contributed by atoms with van der Waals surface area (Å²) in [5.74, 6) is 0.378. The molecule has 1 unspecified atom stereocenters. The Labute approximate surface area is 116 Å². The molecule has 1 rings (SSSR count). The predicted octanol–water partition coefficient (Wildman–Crippen LogP) is 4.02. The summed E-state index contributed by atoms with van der Waals surface area (Å²) in [6.45, 7) is 6.01. The van der Waals surface area contributed by atoms with Crippen molar-refractivity contribution in [3.05, 3.63) is 35.1 Å². The van der Waals surface area contributed by atoms with Crippen molar-refractivity contribution in [2.45, 2.75) is 52.7 Å². The topological polar surface area (TPSA) is 35.2 Å². The third-order valence-corrected chi connectivity index (χ3v) is 3.54. The Balaban J connectivity index is 2.45. The van der Waals surface area contributed by atoms with Gasteiger partial charge in [-0.3, -0.25) is 0 Å². The lowest BCUT2D eigenvalue weighted by atomic mass is 10.0. The molecular formula is C16H26FNO. The first-order valence-electron chi connectivity index (χ1n) is 7.26. The standard InChI is InChI=1S/C16H26FNO/c1-3-5-6-13(4-2)11-19-12-15-9-16(17)8-7-14(15)10-18/h7-9,13H,3-6,10-12,18H2,1-2H3. The molecule has 19 heavy (non-hydrogen) atoms. The summed E-state index contributed by atoms with van der Waals surface area (Å²) in [4.78, 5) is 0. The lowest BCUT2D eigenvalue weighted by Crippen LogP contribution is -2.10. The lowest BCUT2D eigenvalue weighted by Gasteiger charge is -2.15. The molecule has 0 aliphatic heterocycles. The van der Waals surface area contributed by atoms with Crippen LogP contribution in [0.25, 0.3) is 0 Å². The van der Waals surface area contributed by atoms with E-state index in [1.165, 1.54) is 31.4 Å². The average Bonchev–Trinajstić information content (AvgIpc) is 2.43. The molecule has 0 aromatic heterocycles. The zero-order valence-corrected chi connectivity index (χ0v) is 12.1. The van der Waals surface area contributed by atoms with Crippen LogP contribution in [-0.4, -0.2) is 6.61 Å². The predicted molar refractivity (Wildman–Crippen MR) is 77.3 cm³/mol. The minimum atomic E-state index is -0.228. The third-order valence-electron chi connectivity index (χ3n) is 3.54. The molecule has 2 N–H and O–H groups in total. The number of halogens is 1. The zero-order chi connectivity index (χ0) is 14.1. The Morgan fingerprint density at radius 3 is 2.68 bits per heavy atom. The summed E-state index contributed by atoms with van der Waals surface area (Å²) < 4.78 is 19.0. The van der Waals surface area contributed by atoms with Crippen LogP contribution in [0.1, 0.15) is 50.7 Å². The number of unbranched alkanes of at least 4 members (excludes halogenated alkanes) is 1. The molecule has 0 spiro atoms. The van der Waals surface area contributed by atoms with Crippen molar-refractivity contribution in [3.8, 4) is 0 Å². The fraction of sp³-hybridized carbons (Fsp3) is 0.625. The highest BCUT2D eigenvalue weighted by molar-refractivity contribution is 5.27. The van der Waals surface area contributed by atoms with Crippen molar-refractivity contribution in [2.24, 2.45) is 11.7 Å². The summed E-state index contributed by atoms with van der Waals surface area (Å²) in [6.07, 6.45) is 4.81. The number of hydrogen-bond donors (Lipinski definition) is 1. The molecule has 108 valence electrons. The molecule has 0 radical (unpaired) electrons. The first kappa shape index (κ1) is 16.1. The van der Waals surface area contributed by atoms with Gasteiger partial charge in [0.1, 0.15) is 5.82 Å². The van der Waals surface area contributed by atoms with Crippen molar-refractivity contribution >= 4 is 0 Å². The van der Waals surface area contributed by atoms with Gasteiger partial charge in [0, 0.05) is 13.2 Å². The van der Waals surface area contributed by atoms with Crippen LogP contribution in [0.5, 0.6) is 0 Å². The first-order chi connectivity index (χ1) is 9.21. The van der Waals surface area contributed by atoms with Gasteiger partial charge in [-0.25, -0.2) is 4.39 Å². The van der Waals surface area contributed by atoms with Gasteiger partial charge < -0.3 is 10.5 Å². The lowest BCUT2D eigenvalue weighted by molar-refractivity contribution is 0.0814. The maximum absolute atomic E-state index is 13.2. The van der Waals surface area contributed by atoms with Gasteiger partial charge >= 0.3 is 0 Å². The molecule has 0 amide bonds. The van der Waals surface area contributed by atoms with Crippen molar-refractivity contribution in [1.82, 2.24) is 0 Å².